The zero-order valence-corrected chi connectivity index (χ0v) is 14.6. The molecule has 1 aromatic rings. The molecule has 0 spiro atoms. The number of hydrogen-bond donors (Lipinski definition) is 2. The Hall–Kier alpha value is -1.79. The molecule has 130 valence electrons. The van der Waals surface area contributed by atoms with Crippen LogP contribution in [0.15, 0.2) is 18.2 Å². The Morgan fingerprint density at radius 2 is 1.96 bits per heavy atom. The summed E-state index contributed by atoms with van der Waals surface area (Å²) in [5.74, 6) is -2.20. The van der Waals surface area contributed by atoms with Gasteiger partial charge in [0, 0.05) is 36.0 Å². The van der Waals surface area contributed by atoms with Crippen LogP contribution in [0.4, 0.5) is 0 Å². The number of hydrogen-bond acceptors (Lipinski definition) is 3. The van der Waals surface area contributed by atoms with Crippen LogP contribution in [0, 0.1) is 5.92 Å². The molecular weight excluding hydrogens is 355 g/mol. The summed E-state index contributed by atoms with van der Waals surface area (Å²) in [6.07, 6.45) is 0.161. The fraction of sp³-hybridized carbons (Fsp3) is 0.438. The van der Waals surface area contributed by atoms with Gasteiger partial charge in [0.05, 0.1) is 5.92 Å². The average molecular weight is 373 g/mol. The fourth-order valence-electron chi connectivity index (χ4n) is 2.71. The molecule has 24 heavy (non-hydrogen) atoms. The first-order valence-corrected chi connectivity index (χ1v) is 8.31. The van der Waals surface area contributed by atoms with Crippen molar-refractivity contribution < 1.29 is 19.5 Å². The quantitative estimate of drug-likeness (QED) is 0.798. The lowest BCUT2D eigenvalue weighted by Gasteiger charge is -2.18. The number of halogens is 2. The topological polar surface area (TPSA) is 86.7 Å². The second-order valence-corrected chi connectivity index (χ2v) is 6.59. The molecule has 1 aliphatic rings. The summed E-state index contributed by atoms with van der Waals surface area (Å²) in [4.78, 5) is 37.0. The van der Waals surface area contributed by atoms with Crippen molar-refractivity contribution in [1.29, 1.82) is 0 Å². The lowest BCUT2D eigenvalue weighted by molar-refractivity contribution is -0.142. The molecule has 0 aliphatic carbocycles. The zero-order valence-electron chi connectivity index (χ0n) is 13.1. The summed E-state index contributed by atoms with van der Waals surface area (Å²) in [5.41, 5.74) is 0.609. The van der Waals surface area contributed by atoms with E-state index in [1.807, 2.05) is 6.92 Å². The molecule has 2 unspecified atom stereocenters. The van der Waals surface area contributed by atoms with Crippen LogP contribution in [-0.2, 0) is 20.8 Å². The van der Waals surface area contributed by atoms with Crippen LogP contribution < -0.4 is 5.32 Å². The van der Waals surface area contributed by atoms with Gasteiger partial charge < -0.3 is 15.3 Å². The second-order valence-electron chi connectivity index (χ2n) is 5.71. The predicted molar refractivity (Wildman–Crippen MR) is 90.1 cm³/mol. The second kappa shape index (κ2) is 7.85. The number of benzene rings is 1. The van der Waals surface area contributed by atoms with Gasteiger partial charge in [-0.25, -0.2) is 4.79 Å². The first-order chi connectivity index (χ1) is 11.3. The number of likely N-dealkylation sites (tertiary alicyclic amines) is 1. The van der Waals surface area contributed by atoms with Crippen LogP contribution >= 0.6 is 23.2 Å². The molecule has 2 N–H and O–H groups in total. The third kappa shape index (κ3) is 4.61. The molecule has 1 fully saturated rings. The summed E-state index contributed by atoms with van der Waals surface area (Å²) in [6.45, 7) is 2.68. The van der Waals surface area contributed by atoms with E-state index < -0.39 is 23.8 Å². The van der Waals surface area contributed by atoms with Gasteiger partial charge in [0.25, 0.3) is 0 Å². The van der Waals surface area contributed by atoms with Gasteiger partial charge in [-0.15, -0.1) is 0 Å². The Bertz CT molecular complexity index is 645. The van der Waals surface area contributed by atoms with Crippen LogP contribution in [0.25, 0.3) is 0 Å². The van der Waals surface area contributed by atoms with Gasteiger partial charge in [0.2, 0.25) is 11.8 Å². The summed E-state index contributed by atoms with van der Waals surface area (Å²) in [6, 6.07) is 3.64. The number of nitrogens with zero attached hydrogens (tertiary/aromatic N) is 1. The van der Waals surface area contributed by atoms with E-state index in [1.54, 1.807) is 23.1 Å². The van der Waals surface area contributed by atoms with Gasteiger partial charge in [-0.05, 0) is 30.7 Å². The number of rotatable bonds is 6. The molecule has 0 radical (unpaired) electrons. The molecule has 1 aromatic carbocycles. The maximum atomic E-state index is 12.3. The molecule has 1 aliphatic heterocycles. The number of nitrogens with one attached hydrogen (secondary N) is 1. The smallest absolute Gasteiger partial charge is 0.326 e. The Balaban J connectivity index is 2.04. The van der Waals surface area contributed by atoms with E-state index in [2.05, 4.69) is 5.32 Å². The Morgan fingerprint density at radius 1 is 1.33 bits per heavy atom. The molecule has 0 saturated carbocycles. The van der Waals surface area contributed by atoms with Crippen molar-refractivity contribution in [3.05, 3.63) is 33.8 Å². The van der Waals surface area contributed by atoms with Crippen molar-refractivity contribution in [1.82, 2.24) is 10.2 Å². The minimum absolute atomic E-state index is 0.0551. The largest absolute Gasteiger partial charge is 0.480 e. The first-order valence-electron chi connectivity index (χ1n) is 7.56. The molecule has 0 bridgehead atoms. The normalized spacial score (nSPS) is 18.5. The minimum Gasteiger partial charge on any atom is -0.480 e. The minimum atomic E-state index is -1.16. The molecule has 8 heteroatoms. The van der Waals surface area contributed by atoms with Gasteiger partial charge in [-0.1, -0.05) is 23.2 Å². The van der Waals surface area contributed by atoms with E-state index in [0.717, 1.165) is 0 Å². The maximum Gasteiger partial charge on any atom is 0.326 e. The highest BCUT2D eigenvalue weighted by Gasteiger charge is 2.35. The third-order valence-electron chi connectivity index (χ3n) is 3.94. The SMILES string of the molecule is CCN1CC(C(=O)NC(Cc2cc(Cl)cc(Cl)c2)C(=O)O)CC1=O. The van der Waals surface area contributed by atoms with Crippen molar-refractivity contribution >= 4 is 41.0 Å². The standard InChI is InChI=1S/C16H18Cl2N2O4/c1-2-20-8-10(6-14(20)21)15(22)19-13(16(23)24)5-9-3-11(17)7-12(18)4-9/h3-4,7,10,13H,2,5-6,8H2,1H3,(H,19,22)(H,23,24). The summed E-state index contributed by atoms with van der Waals surface area (Å²) in [5, 5.41) is 12.7. The van der Waals surface area contributed by atoms with Crippen LogP contribution in [0.5, 0.6) is 0 Å². The predicted octanol–water partition coefficient (Wildman–Crippen LogP) is 1.97. The summed E-state index contributed by atoms with van der Waals surface area (Å²) < 4.78 is 0. The van der Waals surface area contributed by atoms with Crippen molar-refractivity contribution in [2.24, 2.45) is 5.92 Å². The van der Waals surface area contributed by atoms with Gasteiger partial charge in [0.1, 0.15) is 6.04 Å². The number of aliphatic carboxylic acids is 1. The van der Waals surface area contributed by atoms with Gasteiger partial charge >= 0.3 is 5.97 Å². The van der Waals surface area contributed by atoms with Crippen molar-refractivity contribution in [3.63, 3.8) is 0 Å². The highest BCUT2D eigenvalue weighted by molar-refractivity contribution is 6.34. The molecule has 6 nitrogen and oxygen atoms in total. The Morgan fingerprint density at radius 3 is 2.46 bits per heavy atom. The number of carbonyl (C=O) groups excluding carboxylic acids is 2. The lowest BCUT2D eigenvalue weighted by atomic mass is 10.0. The van der Waals surface area contributed by atoms with Gasteiger partial charge in [-0.2, -0.15) is 0 Å². The molecule has 0 aromatic heterocycles. The molecular formula is C16H18Cl2N2O4. The first kappa shape index (κ1) is 18.5. The van der Waals surface area contributed by atoms with Crippen LogP contribution in [0.1, 0.15) is 18.9 Å². The molecule has 2 amide bonds. The van der Waals surface area contributed by atoms with Crippen LogP contribution in [0.3, 0.4) is 0 Å². The highest BCUT2D eigenvalue weighted by atomic mass is 35.5. The molecule has 1 saturated heterocycles. The summed E-state index contributed by atoms with van der Waals surface area (Å²) in [7, 11) is 0. The number of carbonyl (C=O) groups is 3. The molecule has 2 atom stereocenters. The maximum absolute atomic E-state index is 12.3. The van der Waals surface area contributed by atoms with E-state index in [-0.39, 0.29) is 18.7 Å². The van der Waals surface area contributed by atoms with Gasteiger partial charge in [0.15, 0.2) is 0 Å². The number of carboxylic acid groups (broad SMARTS) is 1. The van der Waals surface area contributed by atoms with Crippen LogP contribution in [0.2, 0.25) is 10.0 Å². The van der Waals surface area contributed by atoms with E-state index in [1.165, 1.54) is 0 Å². The molecule has 2 rings (SSSR count). The van der Waals surface area contributed by atoms with Crippen molar-refractivity contribution in [3.8, 4) is 0 Å². The zero-order chi connectivity index (χ0) is 17.9. The average Bonchev–Trinajstić information content (AvgIpc) is 2.86. The Labute approximate surface area is 149 Å². The van der Waals surface area contributed by atoms with E-state index >= 15 is 0 Å². The fourth-order valence-corrected chi connectivity index (χ4v) is 3.28. The highest BCUT2D eigenvalue weighted by Crippen LogP contribution is 2.21. The monoisotopic (exact) mass is 372 g/mol. The summed E-state index contributed by atoms with van der Waals surface area (Å²) >= 11 is 11.8. The van der Waals surface area contributed by atoms with Gasteiger partial charge in [-0.3, -0.25) is 9.59 Å². The number of carboxylic acids is 1. The lowest BCUT2D eigenvalue weighted by Crippen LogP contribution is -2.45. The van der Waals surface area contributed by atoms with Crippen LogP contribution in [-0.4, -0.2) is 46.9 Å². The van der Waals surface area contributed by atoms with Crippen molar-refractivity contribution in [2.45, 2.75) is 25.8 Å². The van der Waals surface area contributed by atoms with E-state index in [4.69, 9.17) is 23.2 Å². The third-order valence-corrected chi connectivity index (χ3v) is 4.38. The van der Waals surface area contributed by atoms with E-state index in [0.29, 0.717) is 28.7 Å². The van der Waals surface area contributed by atoms with Crippen molar-refractivity contribution in [2.75, 3.05) is 13.1 Å². The Kier molecular flexibility index (Phi) is 6.07. The van der Waals surface area contributed by atoms with E-state index in [9.17, 15) is 19.5 Å². The molecule has 1 heterocycles. The number of amides is 2.